The van der Waals surface area contributed by atoms with Crippen molar-refractivity contribution >= 4 is 10.9 Å². The fraction of sp³-hybridized carbons (Fsp3) is 0.385. The number of tetrazole rings is 1. The molecular formula is C26H32N6O3. The SMILES string of the molecule is CCC(C)(C)n1nnnc1CN(Cc1ccccc1)Cc1cc2cc(OC)c(OC)cc2[nH]c1=O. The van der Waals surface area contributed by atoms with Gasteiger partial charge in [-0.05, 0) is 48.4 Å². The lowest BCUT2D eigenvalue weighted by Gasteiger charge is -2.27. The standard InChI is InChI=1S/C26H32N6O3/c1-6-26(2,3)32-24(28-29-30-32)17-31(15-18-10-8-7-9-11-18)16-20-12-19-13-22(34-4)23(35-5)14-21(19)27-25(20)33/h7-14H,6,15-17H2,1-5H3,(H,27,33). The van der Waals surface area contributed by atoms with Crippen LogP contribution in [0.2, 0.25) is 0 Å². The highest BCUT2D eigenvalue weighted by molar-refractivity contribution is 5.83. The maximum absolute atomic E-state index is 13.1. The molecule has 4 rings (SSSR count). The Morgan fingerprint density at radius 2 is 1.71 bits per heavy atom. The fourth-order valence-corrected chi connectivity index (χ4v) is 4.07. The zero-order valence-corrected chi connectivity index (χ0v) is 20.9. The fourth-order valence-electron chi connectivity index (χ4n) is 4.07. The van der Waals surface area contributed by atoms with Gasteiger partial charge in [0.05, 0.1) is 31.8 Å². The second-order valence-corrected chi connectivity index (χ2v) is 9.22. The van der Waals surface area contributed by atoms with E-state index in [0.29, 0.717) is 42.2 Å². The maximum Gasteiger partial charge on any atom is 0.252 e. The zero-order chi connectivity index (χ0) is 25.0. The summed E-state index contributed by atoms with van der Waals surface area (Å²) in [6, 6.07) is 15.7. The molecule has 0 aliphatic rings. The number of H-pyrrole nitrogens is 1. The summed E-state index contributed by atoms with van der Waals surface area (Å²) in [4.78, 5) is 18.2. The van der Waals surface area contributed by atoms with Crippen LogP contribution in [0.4, 0.5) is 0 Å². The van der Waals surface area contributed by atoms with Gasteiger partial charge in [-0.2, -0.15) is 0 Å². The summed E-state index contributed by atoms with van der Waals surface area (Å²) in [5.74, 6) is 1.94. The summed E-state index contributed by atoms with van der Waals surface area (Å²) in [6.45, 7) is 7.91. The highest BCUT2D eigenvalue weighted by Gasteiger charge is 2.25. The van der Waals surface area contributed by atoms with Crippen LogP contribution in [0.5, 0.6) is 11.5 Å². The number of ether oxygens (including phenoxy) is 2. The quantitative estimate of drug-likeness (QED) is 0.371. The molecule has 0 bridgehead atoms. The summed E-state index contributed by atoms with van der Waals surface area (Å²) < 4.78 is 12.7. The summed E-state index contributed by atoms with van der Waals surface area (Å²) in [5.41, 5.74) is 2.13. The molecule has 0 saturated heterocycles. The molecule has 0 amide bonds. The summed E-state index contributed by atoms with van der Waals surface area (Å²) >= 11 is 0. The van der Waals surface area contributed by atoms with E-state index in [2.05, 4.69) is 58.3 Å². The Kier molecular flexibility index (Phi) is 7.16. The Bertz CT molecular complexity index is 1350. The van der Waals surface area contributed by atoms with Crippen LogP contribution in [0, 0.1) is 0 Å². The normalized spacial score (nSPS) is 11.8. The third-order valence-corrected chi connectivity index (χ3v) is 6.41. The monoisotopic (exact) mass is 476 g/mol. The molecule has 0 aliphatic carbocycles. The number of aromatic nitrogens is 5. The van der Waals surface area contributed by atoms with Crippen LogP contribution in [0.1, 0.15) is 44.1 Å². The largest absolute Gasteiger partial charge is 0.493 e. The number of rotatable bonds is 10. The Hall–Kier alpha value is -3.72. The van der Waals surface area contributed by atoms with Crippen LogP contribution in [-0.4, -0.2) is 44.3 Å². The number of nitrogens with one attached hydrogen (secondary N) is 1. The van der Waals surface area contributed by atoms with Gasteiger partial charge in [0, 0.05) is 30.1 Å². The lowest BCUT2D eigenvalue weighted by molar-refractivity contribution is 0.217. The van der Waals surface area contributed by atoms with Gasteiger partial charge in [-0.3, -0.25) is 9.69 Å². The van der Waals surface area contributed by atoms with Gasteiger partial charge in [-0.15, -0.1) is 5.10 Å². The average molecular weight is 477 g/mol. The van der Waals surface area contributed by atoms with E-state index in [1.54, 1.807) is 20.3 Å². The maximum atomic E-state index is 13.1. The molecule has 0 spiro atoms. The third-order valence-electron chi connectivity index (χ3n) is 6.41. The summed E-state index contributed by atoms with van der Waals surface area (Å²) in [6.07, 6.45) is 0.888. The first-order valence-electron chi connectivity index (χ1n) is 11.7. The topological polar surface area (TPSA) is 98.2 Å². The second-order valence-electron chi connectivity index (χ2n) is 9.22. The molecule has 0 unspecified atom stereocenters. The molecule has 9 heteroatoms. The predicted molar refractivity (Wildman–Crippen MR) is 134 cm³/mol. The average Bonchev–Trinajstić information content (AvgIpc) is 3.33. The Morgan fingerprint density at radius 1 is 1.00 bits per heavy atom. The number of aromatic amines is 1. The molecule has 0 fully saturated rings. The van der Waals surface area contributed by atoms with Crippen molar-refractivity contribution < 1.29 is 9.47 Å². The Labute approximate surface area is 204 Å². The molecule has 0 radical (unpaired) electrons. The molecule has 184 valence electrons. The Balaban J connectivity index is 1.70. The lowest BCUT2D eigenvalue weighted by atomic mass is 10.0. The van der Waals surface area contributed by atoms with Gasteiger partial charge in [-0.1, -0.05) is 37.3 Å². The smallest absolute Gasteiger partial charge is 0.252 e. The number of pyridine rings is 1. The van der Waals surface area contributed by atoms with E-state index < -0.39 is 0 Å². The molecule has 0 atom stereocenters. The van der Waals surface area contributed by atoms with Crippen molar-refractivity contribution in [2.24, 2.45) is 0 Å². The van der Waals surface area contributed by atoms with Crippen molar-refractivity contribution in [2.45, 2.75) is 52.4 Å². The second kappa shape index (κ2) is 10.3. The van der Waals surface area contributed by atoms with Crippen LogP contribution < -0.4 is 15.0 Å². The number of nitrogens with zero attached hydrogens (tertiary/aromatic N) is 5. The van der Waals surface area contributed by atoms with Crippen LogP contribution in [-0.2, 0) is 25.2 Å². The van der Waals surface area contributed by atoms with Crippen molar-refractivity contribution in [3.05, 3.63) is 75.8 Å². The van der Waals surface area contributed by atoms with Gasteiger partial charge < -0.3 is 14.5 Å². The minimum Gasteiger partial charge on any atom is -0.493 e. The van der Waals surface area contributed by atoms with E-state index in [0.717, 1.165) is 23.2 Å². The number of methoxy groups -OCH3 is 2. The van der Waals surface area contributed by atoms with E-state index >= 15 is 0 Å². The van der Waals surface area contributed by atoms with Gasteiger partial charge >= 0.3 is 0 Å². The van der Waals surface area contributed by atoms with Crippen molar-refractivity contribution in [3.63, 3.8) is 0 Å². The van der Waals surface area contributed by atoms with Crippen molar-refractivity contribution in [1.82, 2.24) is 30.1 Å². The molecule has 2 heterocycles. The molecule has 0 aliphatic heterocycles. The lowest BCUT2D eigenvalue weighted by Crippen LogP contribution is -2.32. The molecular weight excluding hydrogens is 444 g/mol. The van der Waals surface area contributed by atoms with E-state index in [1.165, 1.54) is 0 Å². The van der Waals surface area contributed by atoms with Gasteiger partial charge in [0.25, 0.3) is 5.56 Å². The summed E-state index contributed by atoms with van der Waals surface area (Å²) in [5, 5.41) is 13.4. The Morgan fingerprint density at radius 3 is 2.40 bits per heavy atom. The van der Waals surface area contributed by atoms with Crippen molar-refractivity contribution in [1.29, 1.82) is 0 Å². The molecule has 4 aromatic rings. The molecule has 35 heavy (non-hydrogen) atoms. The summed E-state index contributed by atoms with van der Waals surface area (Å²) in [7, 11) is 3.17. The first-order chi connectivity index (χ1) is 16.8. The van der Waals surface area contributed by atoms with E-state index in [1.807, 2.05) is 35.0 Å². The van der Waals surface area contributed by atoms with Crippen LogP contribution in [0.15, 0.2) is 53.3 Å². The number of hydrogen-bond donors (Lipinski definition) is 1. The van der Waals surface area contributed by atoms with Gasteiger partial charge in [0.15, 0.2) is 17.3 Å². The van der Waals surface area contributed by atoms with Crippen molar-refractivity contribution in [2.75, 3.05) is 14.2 Å². The first kappa shape index (κ1) is 24.4. The van der Waals surface area contributed by atoms with Crippen molar-refractivity contribution in [3.8, 4) is 11.5 Å². The van der Waals surface area contributed by atoms with Crippen LogP contribution in [0.25, 0.3) is 10.9 Å². The number of fused-ring (bicyclic) bond motifs is 1. The molecule has 2 aromatic heterocycles. The van der Waals surface area contributed by atoms with E-state index in [4.69, 9.17) is 9.47 Å². The first-order valence-corrected chi connectivity index (χ1v) is 11.7. The zero-order valence-electron chi connectivity index (χ0n) is 20.9. The van der Waals surface area contributed by atoms with Crippen LogP contribution in [0.3, 0.4) is 0 Å². The third kappa shape index (κ3) is 5.35. The number of hydrogen-bond acceptors (Lipinski definition) is 7. The van der Waals surface area contributed by atoms with E-state index in [-0.39, 0.29) is 11.1 Å². The predicted octanol–water partition coefficient (Wildman–Crippen LogP) is 3.88. The van der Waals surface area contributed by atoms with Gasteiger partial charge in [-0.25, -0.2) is 4.68 Å². The van der Waals surface area contributed by atoms with E-state index in [9.17, 15) is 4.79 Å². The van der Waals surface area contributed by atoms with Gasteiger partial charge in [0.2, 0.25) is 0 Å². The highest BCUT2D eigenvalue weighted by Crippen LogP contribution is 2.31. The minimum atomic E-state index is -0.215. The number of benzene rings is 2. The van der Waals surface area contributed by atoms with Gasteiger partial charge in [0.1, 0.15) is 0 Å². The molecule has 9 nitrogen and oxygen atoms in total. The minimum absolute atomic E-state index is 0.142. The highest BCUT2D eigenvalue weighted by atomic mass is 16.5. The molecule has 1 N–H and O–H groups in total. The van der Waals surface area contributed by atoms with Crippen LogP contribution >= 0.6 is 0 Å². The molecule has 0 saturated carbocycles. The molecule has 2 aromatic carbocycles.